The second-order valence-electron chi connectivity index (χ2n) is 4.89. The molecule has 19 heavy (non-hydrogen) atoms. The van der Waals surface area contributed by atoms with Crippen LogP contribution in [-0.2, 0) is 9.84 Å². The van der Waals surface area contributed by atoms with Crippen molar-refractivity contribution in [1.29, 1.82) is 0 Å². The second-order valence-corrected chi connectivity index (χ2v) is 6.97. The molecule has 0 aliphatic carbocycles. The molecule has 0 saturated carbocycles. The van der Waals surface area contributed by atoms with Crippen molar-refractivity contribution in [2.75, 3.05) is 45.5 Å². The van der Waals surface area contributed by atoms with Crippen LogP contribution in [0.5, 0.6) is 0 Å². The van der Waals surface area contributed by atoms with Gasteiger partial charge in [0.1, 0.15) is 10.7 Å². The third-order valence-electron chi connectivity index (χ3n) is 3.44. The number of halogens is 1. The Labute approximate surface area is 113 Å². The zero-order valence-corrected chi connectivity index (χ0v) is 11.9. The van der Waals surface area contributed by atoms with Crippen LogP contribution < -0.4 is 0 Å². The molecule has 0 N–H and O–H groups in total. The Balaban J connectivity index is 1.97. The lowest BCUT2D eigenvalue weighted by molar-refractivity contribution is 0.161. The zero-order chi connectivity index (χ0) is 13.9. The van der Waals surface area contributed by atoms with E-state index >= 15 is 0 Å². The van der Waals surface area contributed by atoms with Crippen molar-refractivity contribution in [2.45, 2.75) is 4.90 Å². The normalized spacial score (nSPS) is 18.6. The molecule has 0 spiro atoms. The Kier molecular flexibility index (Phi) is 4.54. The molecule has 0 unspecified atom stereocenters. The van der Waals surface area contributed by atoms with E-state index < -0.39 is 15.7 Å². The summed E-state index contributed by atoms with van der Waals surface area (Å²) in [4.78, 5) is 4.13. The van der Waals surface area contributed by atoms with E-state index in [9.17, 15) is 12.8 Å². The Morgan fingerprint density at radius 1 is 1.16 bits per heavy atom. The molecule has 1 fully saturated rings. The Morgan fingerprint density at radius 2 is 1.79 bits per heavy atom. The molecule has 1 aliphatic rings. The highest BCUT2D eigenvalue weighted by Gasteiger charge is 2.21. The molecule has 4 nitrogen and oxygen atoms in total. The molecule has 2 rings (SSSR count). The maximum Gasteiger partial charge on any atom is 0.182 e. The summed E-state index contributed by atoms with van der Waals surface area (Å²) in [7, 11) is -1.49. The van der Waals surface area contributed by atoms with Gasteiger partial charge in [0, 0.05) is 32.7 Å². The first kappa shape index (κ1) is 14.4. The topological polar surface area (TPSA) is 40.6 Å². The molecule has 1 heterocycles. The third kappa shape index (κ3) is 3.75. The molecule has 0 bridgehead atoms. The van der Waals surface area contributed by atoms with Crippen LogP contribution in [0.4, 0.5) is 4.39 Å². The van der Waals surface area contributed by atoms with Crippen LogP contribution in [0, 0.1) is 5.82 Å². The van der Waals surface area contributed by atoms with E-state index in [2.05, 4.69) is 9.80 Å². The Morgan fingerprint density at radius 3 is 2.42 bits per heavy atom. The van der Waals surface area contributed by atoms with Gasteiger partial charge in [-0.3, -0.25) is 4.90 Å². The summed E-state index contributed by atoms with van der Waals surface area (Å²) in [6.45, 7) is 4.08. The van der Waals surface area contributed by atoms with Gasteiger partial charge in [0.15, 0.2) is 9.84 Å². The van der Waals surface area contributed by atoms with Crippen molar-refractivity contribution >= 4 is 9.84 Å². The maximum absolute atomic E-state index is 13.5. The summed E-state index contributed by atoms with van der Waals surface area (Å²) in [6.07, 6.45) is 0. The van der Waals surface area contributed by atoms with Crippen molar-refractivity contribution in [2.24, 2.45) is 0 Å². The molecule has 1 aromatic carbocycles. The van der Waals surface area contributed by atoms with E-state index in [1.54, 1.807) is 6.07 Å². The molecule has 0 aromatic heterocycles. The van der Waals surface area contributed by atoms with Gasteiger partial charge in [-0.2, -0.15) is 0 Å². The van der Waals surface area contributed by atoms with Gasteiger partial charge in [-0.05, 0) is 19.2 Å². The summed E-state index contributed by atoms with van der Waals surface area (Å²) in [5.74, 6) is -0.696. The first-order valence-electron chi connectivity index (χ1n) is 6.37. The molecule has 106 valence electrons. The fraction of sp³-hybridized carbons (Fsp3) is 0.538. The number of benzene rings is 1. The van der Waals surface area contributed by atoms with Gasteiger partial charge in [-0.15, -0.1) is 0 Å². The van der Waals surface area contributed by atoms with E-state index in [0.717, 1.165) is 26.2 Å². The Hall–Kier alpha value is -0.980. The minimum absolute atomic E-state index is 0.0301. The minimum atomic E-state index is -3.53. The highest BCUT2D eigenvalue weighted by molar-refractivity contribution is 7.91. The number of hydrogen-bond acceptors (Lipinski definition) is 4. The van der Waals surface area contributed by atoms with Gasteiger partial charge < -0.3 is 4.90 Å². The van der Waals surface area contributed by atoms with Gasteiger partial charge in [0.2, 0.25) is 0 Å². The lowest BCUT2D eigenvalue weighted by Crippen LogP contribution is -2.45. The lowest BCUT2D eigenvalue weighted by atomic mass is 10.3. The van der Waals surface area contributed by atoms with Crippen LogP contribution >= 0.6 is 0 Å². The molecule has 0 radical (unpaired) electrons. The van der Waals surface area contributed by atoms with Crippen LogP contribution in [0.3, 0.4) is 0 Å². The van der Waals surface area contributed by atoms with Gasteiger partial charge in [-0.1, -0.05) is 12.1 Å². The number of nitrogens with zero attached hydrogens (tertiary/aromatic N) is 2. The molecular formula is C13H19FN2O2S. The van der Waals surface area contributed by atoms with Crippen molar-refractivity contribution in [3.8, 4) is 0 Å². The fourth-order valence-electron chi connectivity index (χ4n) is 2.13. The molecule has 0 atom stereocenters. The highest BCUT2D eigenvalue weighted by Crippen LogP contribution is 2.15. The van der Waals surface area contributed by atoms with E-state index in [4.69, 9.17) is 0 Å². The average Bonchev–Trinajstić information content (AvgIpc) is 2.38. The van der Waals surface area contributed by atoms with E-state index in [0.29, 0.717) is 6.54 Å². The number of rotatable bonds is 4. The predicted molar refractivity (Wildman–Crippen MR) is 72.4 cm³/mol. The Bertz CT molecular complexity index is 525. The highest BCUT2D eigenvalue weighted by atomic mass is 32.2. The summed E-state index contributed by atoms with van der Waals surface area (Å²) in [6, 6.07) is 5.55. The molecule has 6 heteroatoms. The van der Waals surface area contributed by atoms with Crippen molar-refractivity contribution < 1.29 is 12.8 Å². The molecule has 1 saturated heterocycles. The van der Waals surface area contributed by atoms with E-state index in [-0.39, 0.29) is 10.6 Å². The summed E-state index contributed by atoms with van der Waals surface area (Å²) >= 11 is 0. The van der Waals surface area contributed by atoms with E-state index in [1.165, 1.54) is 18.2 Å². The quantitative estimate of drug-likeness (QED) is 0.823. The number of sulfone groups is 1. The summed E-state index contributed by atoms with van der Waals surface area (Å²) in [5, 5.41) is 0. The predicted octanol–water partition coefficient (Wildman–Crippen LogP) is 0.847. The van der Waals surface area contributed by atoms with Crippen LogP contribution in [0.2, 0.25) is 0 Å². The van der Waals surface area contributed by atoms with Crippen LogP contribution in [0.25, 0.3) is 0 Å². The maximum atomic E-state index is 13.5. The molecular weight excluding hydrogens is 267 g/mol. The monoisotopic (exact) mass is 286 g/mol. The van der Waals surface area contributed by atoms with Gasteiger partial charge in [0.25, 0.3) is 0 Å². The van der Waals surface area contributed by atoms with E-state index in [1.807, 2.05) is 7.05 Å². The third-order valence-corrected chi connectivity index (χ3v) is 5.17. The SMILES string of the molecule is CN1CCN(CCS(=O)(=O)c2ccccc2F)CC1. The zero-order valence-electron chi connectivity index (χ0n) is 11.0. The van der Waals surface area contributed by atoms with Crippen molar-refractivity contribution in [1.82, 2.24) is 9.80 Å². The second kappa shape index (κ2) is 5.98. The lowest BCUT2D eigenvalue weighted by Gasteiger charge is -2.32. The molecule has 0 amide bonds. The van der Waals surface area contributed by atoms with Gasteiger partial charge in [0.05, 0.1) is 5.75 Å². The largest absolute Gasteiger partial charge is 0.304 e. The smallest absolute Gasteiger partial charge is 0.182 e. The van der Waals surface area contributed by atoms with Crippen LogP contribution in [-0.4, -0.2) is 63.7 Å². The first-order chi connectivity index (χ1) is 8.99. The average molecular weight is 286 g/mol. The minimum Gasteiger partial charge on any atom is -0.304 e. The first-order valence-corrected chi connectivity index (χ1v) is 8.02. The van der Waals surface area contributed by atoms with Crippen molar-refractivity contribution in [3.05, 3.63) is 30.1 Å². The van der Waals surface area contributed by atoms with Crippen molar-refractivity contribution in [3.63, 3.8) is 0 Å². The van der Waals surface area contributed by atoms with Crippen LogP contribution in [0.1, 0.15) is 0 Å². The summed E-state index contributed by atoms with van der Waals surface area (Å²) in [5.41, 5.74) is 0. The standard InChI is InChI=1S/C13H19FN2O2S/c1-15-6-8-16(9-7-15)10-11-19(17,18)13-5-3-2-4-12(13)14/h2-5H,6-11H2,1H3. The molecule has 1 aliphatic heterocycles. The number of likely N-dealkylation sites (N-methyl/N-ethyl adjacent to an activating group) is 1. The van der Waals surface area contributed by atoms with Crippen LogP contribution in [0.15, 0.2) is 29.2 Å². The van der Waals surface area contributed by atoms with Gasteiger partial charge in [-0.25, -0.2) is 12.8 Å². The number of hydrogen-bond donors (Lipinski definition) is 0. The molecule has 1 aromatic rings. The number of piperazine rings is 1. The van der Waals surface area contributed by atoms with Gasteiger partial charge >= 0.3 is 0 Å². The summed E-state index contributed by atoms with van der Waals surface area (Å²) < 4.78 is 37.7. The fourth-order valence-corrected chi connectivity index (χ4v) is 3.50.